The number of ether oxygens (including phenoxy) is 2. The van der Waals surface area contributed by atoms with Crippen molar-refractivity contribution in [2.24, 2.45) is 0 Å². The quantitative estimate of drug-likeness (QED) is 0.559. The van der Waals surface area contributed by atoms with E-state index in [4.69, 9.17) is 27.5 Å². The molecule has 6 nitrogen and oxygen atoms in total. The largest absolute Gasteiger partial charge is 0.394 e. The molecule has 5 atom stereocenters. The van der Waals surface area contributed by atoms with Crippen molar-refractivity contribution >= 4 is 11.6 Å². The molecule has 0 saturated carbocycles. The van der Waals surface area contributed by atoms with Crippen LogP contribution < -0.4 is 0 Å². The predicted molar refractivity (Wildman–Crippen MR) is 105 cm³/mol. The van der Waals surface area contributed by atoms with Crippen LogP contribution in [-0.2, 0) is 28.3 Å². The fourth-order valence-electron chi connectivity index (χ4n) is 3.92. The standard InChI is InChI=1S/C22H21ClO6/c1-2-12-3-5-13(6-4-12)7-14-8-16-15(9-17(14)23)11-28-22(16)21(27)20(26)19(25)18(10-24)29-22/h1,3-6,8-9,18-21,24-27H,7,10-11H2/t18-,19-,20+,21-,22+/m1/s1. The summed E-state index contributed by atoms with van der Waals surface area (Å²) in [4.78, 5) is 0. The minimum absolute atomic E-state index is 0.115. The third-order valence-electron chi connectivity index (χ3n) is 5.56. The van der Waals surface area contributed by atoms with Crippen molar-refractivity contribution in [2.45, 2.75) is 43.2 Å². The lowest BCUT2D eigenvalue weighted by molar-refractivity contribution is -0.368. The Balaban J connectivity index is 1.72. The van der Waals surface area contributed by atoms with Crippen LogP contribution in [0.4, 0.5) is 0 Å². The zero-order valence-electron chi connectivity index (χ0n) is 15.5. The molecule has 0 unspecified atom stereocenters. The van der Waals surface area contributed by atoms with E-state index in [2.05, 4.69) is 5.92 Å². The van der Waals surface area contributed by atoms with E-state index in [-0.39, 0.29) is 6.61 Å². The number of fused-ring (bicyclic) bond motifs is 2. The Morgan fingerprint density at radius 3 is 2.52 bits per heavy atom. The molecule has 1 spiro atoms. The van der Waals surface area contributed by atoms with Crippen LogP contribution in [0.5, 0.6) is 0 Å². The molecule has 1 saturated heterocycles. The third kappa shape index (κ3) is 3.35. The van der Waals surface area contributed by atoms with Gasteiger partial charge in [-0.1, -0.05) is 29.7 Å². The summed E-state index contributed by atoms with van der Waals surface area (Å²) in [6.07, 6.45) is 0.293. The minimum atomic E-state index is -1.69. The molecule has 4 rings (SSSR count). The van der Waals surface area contributed by atoms with Crippen LogP contribution in [0.25, 0.3) is 0 Å². The lowest BCUT2D eigenvalue weighted by Crippen LogP contribution is -2.63. The van der Waals surface area contributed by atoms with Gasteiger partial charge in [-0.25, -0.2) is 0 Å². The summed E-state index contributed by atoms with van der Waals surface area (Å²) in [6.45, 7) is -0.419. The minimum Gasteiger partial charge on any atom is -0.394 e. The normalized spacial score (nSPS) is 30.9. The third-order valence-corrected chi connectivity index (χ3v) is 5.91. The maximum absolute atomic E-state index is 10.7. The summed E-state index contributed by atoms with van der Waals surface area (Å²) in [7, 11) is 0. The summed E-state index contributed by atoms with van der Waals surface area (Å²) in [5.74, 6) is 0.887. The Hall–Kier alpha value is -1.95. The molecule has 2 aliphatic rings. The highest BCUT2D eigenvalue weighted by atomic mass is 35.5. The molecule has 2 aliphatic heterocycles. The van der Waals surface area contributed by atoms with E-state index in [1.807, 2.05) is 24.3 Å². The Morgan fingerprint density at radius 2 is 1.86 bits per heavy atom. The first-order valence-electron chi connectivity index (χ1n) is 9.23. The number of aliphatic hydroxyl groups is 4. The molecule has 2 aromatic carbocycles. The topological polar surface area (TPSA) is 99.4 Å². The second-order valence-electron chi connectivity index (χ2n) is 7.34. The first kappa shape index (κ1) is 20.3. The van der Waals surface area contributed by atoms with Gasteiger partial charge in [0.1, 0.15) is 24.4 Å². The maximum Gasteiger partial charge on any atom is 0.225 e. The van der Waals surface area contributed by atoms with Crippen LogP contribution in [0, 0.1) is 12.3 Å². The van der Waals surface area contributed by atoms with E-state index < -0.39 is 36.8 Å². The lowest BCUT2D eigenvalue weighted by Gasteiger charge is -2.46. The maximum atomic E-state index is 10.7. The van der Waals surface area contributed by atoms with Gasteiger partial charge in [-0.2, -0.15) is 0 Å². The molecule has 0 amide bonds. The smallest absolute Gasteiger partial charge is 0.225 e. The molecular weight excluding hydrogens is 396 g/mol. The summed E-state index contributed by atoms with van der Waals surface area (Å²) in [5.41, 5.74) is 3.78. The number of terminal acetylenes is 1. The average Bonchev–Trinajstić information content (AvgIpc) is 3.08. The van der Waals surface area contributed by atoms with Crippen molar-refractivity contribution in [2.75, 3.05) is 6.61 Å². The van der Waals surface area contributed by atoms with Crippen LogP contribution in [-0.4, -0.2) is 51.4 Å². The second kappa shape index (κ2) is 7.71. The Kier molecular flexibility index (Phi) is 5.40. The first-order valence-corrected chi connectivity index (χ1v) is 9.61. The van der Waals surface area contributed by atoms with E-state index in [1.54, 1.807) is 12.1 Å². The summed E-state index contributed by atoms with van der Waals surface area (Å²) in [6, 6.07) is 11.1. The summed E-state index contributed by atoms with van der Waals surface area (Å²) < 4.78 is 11.6. The van der Waals surface area contributed by atoms with Crippen LogP contribution in [0.1, 0.15) is 27.8 Å². The van der Waals surface area contributed by atoms with Crippen LogP contribution >= 0.6 is 11.6 Å². The van der Waals surface area contributed by atoms with Crippen molar-refractivity contribution in [3.63, 3.8) is 0 Å². The van der Waals surface area contributed by atoms with Gasteiger partial charge in [0.2, 0.25) is 5.79 Å². The highest BCUT2D eigenvalue weighted by molar-refractivity contribution is 6.31. The molecule has 4 N–H and O–H groups in total. The number of aliphatic hydroxyl groups excluding tert-OH is 4. The fraction of sp³-hybridized carbons (Fsp3) is 0.364. The van der Waals surface area contributed by atoms with Gasteiger partial charge in [-0.05, 0) is 47.4 Å². The van der Waals surface area contributed by atoms with E-state index in [0.717, 1.165) is 16.7 Å². The first-order chi connectivity index (χ1) is 13.9. The zero-order valence-corrected chi connectivity index (χ0v) is 16.2. The van der Waals surface area contributed by atoms with Gasteiger partial charge in [0.05, 0.1) is 13.2 Å². The SMILES string of the molecule is C#Cc1ccc(Cc2cc3c(cc2Cl)CO[C@]32O[C@H](CO)[C@@H](O)[C@H](O)[C@H]2O)cc1. The number of benzene rings is 2. The Labute approximate surface area is 173 Å². The van der Waals surface area contributed by atoms with Crippen molar-refractivity contribution < 1.29 is 29.9 Å². The molecule has 0 bridgehead atoms. The Morgan fingerprint density at radius 1 is 1.14 bits per heavy atom. The predicted octanol–water partition coefficient (Wildman–Crippen LogP) is 1.07. The van der Waals surface area contributed by atoms with Gasteiger partial charge >= 0.3 is 0 Å². The van der Waals surface area contributed by atoms with Crippen molar-refractivity contribution in [1.29, 1.82) is 0 Å². The number of hydrogen-bond acceptors (Lipinski definition) is 6. The van der Waals surface area contributed by atoms with E-state index in [1.165, 1.54) is 0 Å². The second-order valence-corrected chi connectivity index (χ2v) is 7.75. The van der Waals surface area contributed by atoms with Gasteiger partial charge in [0.25, 0.3) is 0 Å². The highest BCUT2D eigenvalue weighted by Gasteiger charge is 2.58. The zero-order chi connectivity index (χ0) is 20.8. The van der Waals surface area contributed by atoms with Gasteiger partial charge in [-0.3, -0.25) is 0 Å². The molecule has 2 heterocycles. The number of hydrogen-bond donors (Lipinski definition) is 4. The molecule has 0 aliphatic carbocycles. The van der Waals surface area contributed by atoms with Crippen molar-refractivity contribution in [3.05, 3.63) is 69.2 Å². The number of halogens is 1. The van der Waals surface area contributed by atoms with Gasteiger partial charge < -0.3 is 29.9 Å². The molecular formula is C22H21ClO6. The van der Waals surface area contributed by atoms with Gasteiger partial charge in [0, 0.05) is 16.1 Å². The highest BCUT2D eigenvalue weighted by Crippen LogP contribution is 2.47. The van der Waals surface area contributed by atoms with Crippen LogP contribution in [0.15, 0.2) is 36.4 Å². The monoisotopic (exact) mass is 416 g/mol. The fourth-order valence-corrected chi connectivity index (χ4v) is 4.18. The lowest BCUT2D eigenvalue weighted by atomic mass is 9.86. The van der Waals surface area contributed by atoms with Crippen molar-refractivity contribution in [3.8, 4) is 12.3 Å². The Bertz CT molecular complexity index is 951. The molecule has 29 heavy (non-hydrogen) atoms. The van der Waals surface area contributed by atoms with E-state index in [0.29, 0.717) is 22.6 Å². The van der Waals surface area contributed by atoms with Crippen LogP contribution in [0.3, 0.4) is 0 Å². The van der Waals surface area contributed by atoms with Crippen LogP contribution in [0.2, 0.25) is 5.02 Å². The van der Waals surface area contributed by atoms with E-state index in [9.17, 15) is 20.4 Å². The molecule has 0 radical (unpaired) electrons. The molecule has 0 aromatic heterocycles. The molecule has 1 fully saturated rings. The summed E-state index contributed by atoms with van der Waals surface area (Å²) in [5, 5.41) is 41.1. The molecule has 7 heteroatoms. The van der Waals surface area contributed by atoms with E-state index >= 15 is 0 Å². The summed E-state index contributed by atoms with van der Waals surface area (Å²) >= 11 is 6.47. The molecule has 152 valence electrons. The number of rotatable bonds is 3. The van der Waals surface area contributed by atoms with Crippen molar-refractivity contribution in [1.82, 2.24) is 0 Å². The van der Waals surface area contributed by atoms with Gasteiger partial charge in [0.15, 0.2) is 0 Å². The van der Waals surface area contributed by atoms with Gasteiger partial charge in [-0.15, -0.1) is 6.42 Å². The molecule has 2 aromatic rings. The average molecular weight is 417 g/mol.